The Morgan fingerprint density at radius 3 is 2.71 bits per heavy atom. The highest BCUT2D eigenvalue weighted by molar-refractivity contribution is 5.78. The first-order valence-electron chi connectivity index (χ1n) is 6.77. The molecule has 0 aliphatic rings. The first-order valence-corrected chi connectivity index (χ1v) is 4.27. The minimum Gasteiger partial charge on any atom is -0.426 e. The van der Waals surface area contributed by atoms with Crippen LogP contribution in [-0.4, -0.2) is 5.97 Å². The van der Waals surface area contributed by atoms with Crippen molar-refractivity contribution in [2.45, 2.75) is 27.1 Å². The number of benzene rings is 1. The molecular formula is C12H16O2. The zero-order valence-corrected chi connectivity index (χ0v) is 8.20. The lowest BCUT2D eigenvalue weighted by Crippen LogP contribution is -2.28. The van der Waals surface area contributed by atoms with E-state index >= 15 is 0 Å². The number of carbonyl (C=O) groups is 1. The van der Waals surface area contributed by atoms with Crippen LogP contribution in [0.2, 0.25) is 0 Å². The first-order chi connectivity index (χ1) is 8.50. The topological polar surface area (TPSA) is 26.3 Å². The quantitative estimate of drug-likeness (QED) is 0.550. The molecule has 1 rings (SSSR count). The maximum Gasteiger partial charge on any atom is 0.316 e. The van der Waals surface area contributed by atoms with Gasteiger partial charge >= 0.3 is 5.97 Å². The smallest absolute Gasteiger partial charge is 0.316 e. The second kappa shape index (κ2) is 4.27. The molecule has 2 nitrogen and oxygen atoms in total. The first kappa shape index (κ1) is 5.54. The van der Waals surface area contributed by atoms with Crippen LogP contribution in [0.25, 0.3) is 0 Å². The monoisotopic (exact) mass is 197 g/mol. The molecule has 0 amide bonds. The predicted molar refractivity (Wildman–Crippen MR) is 56.1 cm³/mol. The maximum atomic E-state index is 12.1. The molecule has 0 aliphatic heterocycles. The Hall–Kier alpha value is -1.31. The fourth-order valence-electron chi connectivity index (χ4n) is 0.800. The highest BCUT2D eigenvalue weighted by Crippen LogP contribution is 2.23. The van der Waals surface area contributed by atoms with Gasteiger partial charge in [-0.05, 0) is 32.3 Å². The number of hydrogen-bond acceptors (Lipinski definition) is 2. The van der Waals surface area contributed by atoms with E-state index in [1.807, 2.05) is 0 Å². The molecule has 0 heterocycles. The summed E-state index contributed by atoms with van der Waals surface area (Å²) in [5.74, 6) is -0.918. The lowest BCUT2D eigenvalue weighted by molar-refractivity contribution is -0.144. The molecule has 14 heavy (non-hydrogen) atoms. The van der Waals surface area contributed by atoms with Crippen LogP contribution >= 0.6 is 0 Å². The van der Waals surface area contributed by atoms with Gasteiger partial charge in [0.1, 0.15) is 5.75 Å². The van der Waals surface area contributed by atoms with Gasteiger partial charge in [-0.25, -0.2) is 0 Å². The van der Waals surface area contributed by atoms with E-state index in [2.05, 4.69) is 0 Å². The Morgan fingerprint density at radius 1 is 1.57 bits per heavy atom. The zero-order valence-electron chi connectivity index (χ0n) is 13.2. The second-order valence-electron chi connectivity index (χ2n) is 3.08. The number of rotatable bonds is 3. The van der Waals surface area contributed by atoms with Crippen LogP contribution in [0, 0.1) is 5.41 Å². The summed E-state index contributed by atoms with van der Waals surface area (Å²) in [4.78, 5) is 12.1. The summed E-state index contributed by atoms with van der Waals surface area (Å²) in [6.07, 6.45) is -2.25. The molecule has 0 bridgehead atoms. The van der Waals surface area contributed by atoms with E-state index < -0.39 is 24.6 Å². The number of carbonyl (C=O) groups excluding carboxylic acids is 1. The Kier molecular flexibility index (Phi) is 1.69. The molecule has 0 aliphatic carbocycles. The van der Waals surface area contributed by atoms with Crippen LogP contribution in [0.1, 0.15) is 33.9 Å². The minimum atomic E-state index is -2.81. The summed E-state index contributed by atoms with van der Waals surface area (Å²) in [6, 6.07) is 8.00. The fraction of sp³-hybridized carbons (Fsp3) is 0.417. The van der Waals surface area contributed by atoms with E-state index in [0.29, 0.717) is 0 Å². The zero-order chi connectivity index (χ0) is 14.9. The van der Waals surface area contributed by atoms with Gasteiger partial charge in [-0.3, -0.25) is 4.79 Å². The van der Waals surface area contributed by atoms with E-state index in [0.717, 1.165) is 13.8 Å². The van der Waals surface area contributed by atoms with Gasteiger partial charge in [0.15, 0.2) is 0 Å². The summed E-state index contributed by atoms with van der Waals surface area (Å²) < 4.78 is 42.6. The highest BCUT2D eigenvalue weighted by Gasteiger charge is 2.27. The predicted octanol–water partition coefficient (Wildman–Crippen LogP) is 3.03. The normalized spacial score (nSPS) is 21.7. The van der Waals surface area contributed by atoms with Crippen molar-refractivity contribution in [3.63, 3.8) is 0 Å². The summed E-state index contributed by atoms with van der Waals surface area (Å²) in [7, 11) is 0. The number of esters is 1. The second-order valence-corrected chi connectivity index (χ2v) is 3.08. The molecule has 0 saturated carbocycles. The van der Waals surface area contributed by atoms with Crippen LogP contribution < -0.4 is 4.74 Å². The van der Waals surface area contributed by atoms with Crippen molar-refractivity contribution in [3.8, 4) is 5.75 Å². The lowest BCUT2D eigenvalue weighted by atomic mass is 9.91. The third-order valence-corrected chi connectivity index (χ3v) is 1.86. The molecule has 0 aromatic heterocycles. The largest absolute Gasteiger partial charge is 0.426 e. The Morgan fingerprint density at radius 2 is 2.21 bits per heavy atom. The van der Waals surface area contributed by atoms with Crippen molar-refractivity contribution in [2.24, 2.45) is 5.41 Å². The molecule has 1 aromatic carbocycles. The van der Waals surface area contributed by atoms with Gasteiger partial charge in [0.25, 0.3) is 0 Å². The van der Waals surface area contributed by atoms with Gasteiger partial charge in [0.05, 0.1) is 5.41 Å². The summed E-state index contributed by atoms with van der Waals surface area (Å²) in [5.41, 5.74) is -2.24. The van der Waals surface area contributed by atoms with Gasteiger partial charge in [-0.1, -0.05) is 25.1 Å². The minimum absolute atomic E-state index is 0.187. The summed E-state index contributed by atoms with van der Waals surface area (Å²) >= 11 is 0. The van der Waals surface area contributed by atoms with Crippen LogP contribution in [0.3, 0.4) is 0 Å². The Labute approximate surface area is 91.9 Å². The van der Waals surface area contributed by atoms with Crippen molar-refractivity contribution in [2.75, 3.05) is 0 Å². The number of ether oxygens (including phenoxy) is 1. The summed E-state index contributed by atoms with van der Waals surface area (Å²) in [5, 5.41) is 0. The molecule has 0 fully saturated rings. The third kappa shape index (κ3) is 2.59. The summed E-state index contributed by atoms with van der Waals surface area (Å²) in [6.45, 7) is -0.686. The fourth-order valence-corrected chi connectivity index (χ4v) is 0.800. The Bertz CT molecular complexity index is 433. The molecule has 1 unspecified atom stereocenters. The molecule has 1 aromatic rings. The van der Waals surface area contributed by atoms with Gasteiger partial charge in [0, 0.05) is 6.85 Å². The van der Waals surface area contributed by atoms with Crippen LogP contribution in [0.4, 0.5) is 0 Å². The van der Waals surface area contributed by atoms with E-state index in [-0.39, 0.29) is 5.75 Å². The standard InChI is InChI=1S/C12H16O2/c1-4-12(2,3)11(13)14-10-8-6-5-7-9-10/h5-9H,4H2,1-3H3/i2D3,4D2. The molecule has 1 atom stereocenters. The van der Waals surface area contributed by atoms with Crippen molar-refractivity contribution >= 4 is 5.97 Å². The average Bonchev–Trinajstić information content (AvgIpc) is 2.26. The molecule has 0 saturated heterocycles. The van der Waals surface area contributed by atoms with Crippen LogP contribution in [-0.2, 0) is 4.79 Å². The number of hydrogen-bond donors (Lipinski definition) is 0. The number of para-hydroxylation sites is 1. The van der Waals surface area contributed by atoms with Crippen molar-refractivity contribution in [1.29, 1.82) is 0 Å². The molecule has 0 spiro atoms. The van der Waals surface area contributed by atoms with Gasteiger partial charge in [0.2, 0.25) is 0 Å². The molecule has 76 valence electrons. The van der Waals surface area contributed by atoms with Gasteiger partial charge < -0.3 is 4.74 Å². The van der Waals surface area contributed by atoms with Crippen molar-refractivity contribution < 1.29 is 16.4 Å². The SMILES string of the molecule is [2H]C([2H])([2H])C(C)(C(=O)Oc1ccccc1)C([2H])([2H])C. The molecule has 0 radical (unpaired) electrons. The third-order valence-electron chi connectivity index (χ3n) is 1.86. The van der Waals surface area contributed by atoms with Crippen molar-refractivity contribution in [3.05, 3.63) is 30.3 Å². The van der Waals surface area contributed by atoms with E-state index in [1.165, 1.54) is 12.1 Å². The Balaban J connectivity index is 3.11. The van der Waals surface area contributed by atoms with E-state index in [9.17, 15) is 4.79 Å². The molecular weight excluding hydrogens is 176 g/mol. The van der Waals surface area contributed by atoms with Crippen molar-refractivity contribution in [1.82, 2.24) is 0 Å². The molecule has 0 N–H and O–H groups in total. The van der Waals surface area contributed by atoms with Crippen LogP contribution in [0.15, 0.2) is 30.3 Å². The van der Waals surface area contributed by atoms with Gasteiger partial charge in [-0.2, -0.15) is 0 Å². The maximum absolute atomic E-state index is 12.1. The highest BCUT2D eigenvalue weighted by atomic mass is 16.5. The molecule has 2 heteroatoms. The van der Waals surface area contributed by atoms with Crippen LogP contribution in [0.5, 0.6) is 5.75 Å². The lowest BCUT2D eigenvalue weighted by Gasteiger charge is -2.19. The average molecular weight is 197 g/mol. The van der Waals surface area contributed by atoms with E-state index in [1.54, 1.807) is 18.2 Å². The van der Waals surface area contributed by atoms with Gasteiger partial charge in [-0.15, -0.1) is 0 Å². The van der Waals surface area contributed by atoms with E-state index in [4.69, 9.17) is 11.6 Å².